The minimum atomic E-state index is 0.119. The molecule has 0 bridgehead atoms. The fraction of sp³-hybridized carbons (Fsp3) is 0.684. The smallest absolute Gasteiger partial charge is 0.254 e. The first-order chi connectivity index (χ1) is 12.1. The topological polar surface area (TPSA) is 54.9 Å². The summed E-state index contributed by atoms with van der Waals surface area (Å²) in [6, 6.07) is 4.06. The van der Waals surface area contributed by atoms with Crippen LogP contribution in [-0.2, 0) is 9.47 Å². The van der Waals surface area contributed by atoms with Crippen molar-refractivity contribution in [3.05, 3.63) is 29.1 Å². The van der Waals surface area contributed by atoms with Gasteiger partial charge in [0.25, 0.3) is 5.91 Å². The second-order valence-corrected chi connectivity index (χ2v) is 6.93. The fourth-order valence-electron chi connectivity index (χ4n) is 3.64. The van der Waals surface area contributed by atoms with Gasteiger partial charge in [-0.05, 0) is 38.8 Å². The summed E-state index contributed by atoms with van der Waals surface area (Å²) in [6.45, 7) is 10.5. The normalized spacial score (nSPS) is 19.8. The van der Waals surface area contributed by atoms with Crippen molar-refractivity contribution in [1.29, 1.82) is 0 Å². The van der Waals surface area contributed by atoms with Gasteiger partial charge in [0.2, 0.25) is 0 Å². The molecule has 6 heteroatoms. The van der Waals surface area contributed by atoms with E-state index in [9.17, 15) is 4.79 Å². The van der Waals surface area contributed by atoms with Crippen LogP contribution in [0, 0.1) is 13.8 Å². The molecule has 3 rings (SSSR count). The van der Waals surface area contributed by atoms with Crippen LogP contribution in [0.15, 0.2) is 12.1 Å². The SMILES string of the molecule is Cc1cc(C(=O)N(CCN2CCOCC2)C2CCOCC2)cc(C)n1. The number of morpholine rings is 1. The third-order valence-electron chi connectivity index (χ3n) is 4.98. The average molecular weight is 347 g/mol. The molecule has 0 aromatic carbocycles. The van der Waals surface area contributed by atoms with E-state index in [0.29, 0.717) is 0 Å². The predicted molar refractivity (Wildman–Crippen MR) is 95.8 cm³/mol. The highest BCUT2D eigenvalue weighted by Gasteiger charge is 2.27. The molecule has 2 fully saturated rings. The molecule has 2 saturated heterocycles. The highest BCUT2D eigenvalue weighted by atomic mass is 16.5. The predicted octanol–water partition coefficient (Wildman–Crippen LogP) is 1.65. The first-order valence-corrected chi connectivity index (χ1v) is 9.27. The Labute approximate surface area is 150 Å². The lowest BCUT2D eigenvalue weighted by Gasteiger charge is -2.36. The Morgan fingerprint density at radius 1 is 1.12 bits per heavy atom. The van der Waals surface area contributed by atoms with E-state index in [2.05, 4.69) is 14.8 Å². The Balaban J connectivity index is 1.73. The summed E-state index contributed by atoms with van der Waals surface area (Å²) in [4.78, 5) is 22.1. The average Bonchev–Trinajstić information content (AvgIpc) is 2.63. The molecule has 3 heterocycles. The lowest BCUT2D eigenvalue weighted by Crippen LogP contribution is -2.48. The number of ether oxygens (including phenoxy) is 2. The van der Waals surface area contributed by atoms with Crippen LogP contribution in [0.2, 0.25) is 0 Å². The molecular formula is C19H29N3O3. The van der Waals surface area contributed by atoms with Gasteiger partial charge in [0.05, 0.1) is 13.2 Å². The number of hydrogen-bond acceptors (Lipinski definition) is 5. The van der Waals surface area contributed by atoms with E-state index in [1.54, 1.807) is 0 Å². The molecule has 1 amide bonds. The Bertz CT molecular complexity index is 561. The summed E-state index contributed by atoms with van der Waals surface area (Å²) in [5, 5.41) is 0. The molecule has 2 aliphatic rings. The molecule has 0 atom stereocenters. The number of carbonyl (C=O) groups excluding carboxylic acids is 1. The molecule has 0 radical (unpaired) electrons. The molecule has 1 aromatic heterocycles. The third-order valence-corrected chi connectivity index (χ3v) is 4.98. The zero-order valence-electron chi connectivity index (χ0n) is 15.4. The molecule has 0 spiro atoms. The van der Waals surface area contributed by atoms with Crippen molar-refractivity contribution >= 4 is 5.91 Å². The third kappa shape index (κ3) is 5.00. The minimum Gasteiger partial charge on any atom is -0.381 e. The van der Waals surface area contributed by atoms with Gasteiger partial charge in [0.15, 0.2) is 0 Å². The molecule has 1 aromatic rings. The van der Waals surface area contributed by atoms with Gasteiger partial charge in [-0.2, -0.15) is 0 Å². The van der Waals surface area contributed by atoms with Crippen LogP contribution in [-0.4, -0.2) is 79.3 Å². The van der Waals surface area contributed by atoms with E-state index < -0.39 is 0 Å². The van der Waals surface area contributed by atoms with Crippen molar-refractivity contribution in [2.24, 2.45) is 0 Å². The summed E-state index contributed by atoms with van der Waals surface area (Å²) < 4.78 is 10.9. The highest BCUT2D eigenvalue weighted by Crippen LogP contribution is 2.18. The fourth-order valence-corrected chi connectivity index (χ4v) is 3.64. The summed E-state index contributed by atoms with van der Waals surface area (Å²) >= 11 is 0. The summed E-state index contributed by atoms with van der Waals surface area (Å²) in [7, 11) is 0. The standard InChI is InChI=1S/C19H29N3O3/c1-15-13-17(14-16(2)20-15)19(23)22(18-3-9-24-10-4-18)6-5-21-7-11-25-12-8-21/h13-14,18H,3-12H2,1-2H3. The van der Waals surface area contributed by atoms with E-state index in [1.165, 1.54) is 0 Å². The van der Waals surface area contributed by atoms with E-state index in [4.69, 9.17) is 9.47 Å². The van der Waals surface area contributed by atoms with Crippen LogP contribution in [0.25, 0.3) is 0 Å². The zero-order valence-corrected chi connectivity index (χ0v) is 15.4. The largest absolute Gasteiger partial charge is 0.381 e. The van der Waals surface area contributed by atoms with Crippen molar-refractivity contribution in [3.8, 4) is 0 Å². The lowest BCUT2D eigenvalue weighted by atomic mass is 10.0. The molecular weight excluding hydrogens is 318 g/mol. The van der Waals surface area contributed by atoms with Crippen LogP contribution in [0.4, 0.5) is 0 Å². The van der Waals surface area contributed by atoms with Gasteiger partial charge in [-0.3, -0.25) is 14.7 Å². The van der Waals surface area contributed by atoms with Crippen LogP contribution >= 0.6 is 0 Å². The number of aryl methyl sites for hydroxylation is 2. The molecule has 2 aliphatic heterocycles. The Morgan fingerprint density at radius 2 is 1.72 bits per heavy atom. The van der Waals surface area contributed by atoms with Gasteiger partial charge in [0, 0.05) is 62.4 Å². The number of nitrogens with zero attached hydrogens (tertiary/aromatic N) is 3. The summed E-state index contributed by atoms with van der Waals surface area (Å²) in [6.07, 6.45) is 1.83. The molecule has 138 valence electrons. The lowest BCUT2D eigenvalue weighted by molar-refractivity contribution is 0.0141. The monoisotopic (exact) mass is 347 g/mol. The minimum absolute atomic E-state index is 0.119. The van der Waals surface area contributed by atoms with Gasteiger partial charge < -0.3 is 14.4 Å². The second-order valence-electron chi connectivity index (χ2n) is 6.93. The summed E-state index contributed by atoms with van der Waals surface area (Å²) in [5.41, 5.74) is 2.53. The van der Waals surface area contributed by atoms with Crippen LogP contribution < -0.4 is 0 Å². The number of aromatic nitrogens is 1. The molecule has 25 heavy (non-hydrogen) atoms. The van der Waals surface area contributed by atoms with Gasteiger partial charge >= 0.3 is 0 Å². The number of rotatable bonds is 5. The van der Waals surface area contributed by atoms with E-state index in [1.807, 2.05) is 26.0 Å². The summed E-state index contributed by atoms with van der Waals surface area (Å²) in [5.74, 6) is 0.119. The first-order valence-electron chi connectivity index (χ1n) is 9.27. The number of carbonyl (C=O) groups is 1. The van der Waals surface area contributed by atoms with E-state index in [0.717, 1.165) is 82.4 Å². The zero-order chi connectivity index (χ0) is 17.6. The van der Waals surface area contributed by atoms with Gasteiger partial charge in [-0.15, -0.1) is 0 Å². The van der Waals surface area contributed by atoms with Gasteiger partial charge in [0.1, 0.15) is 0 Å². The maximum Gasteiger partial charge on any atom is 0.254 e. The maximum atomic E-state index is 13.2. The van der Waals surface area contributed by atoms with Crippen molar-refractivity contribution < 1.29 is 14.3 Å². The second kappa shape index (κ2) is 8.74. The van der Waals surface area contributed by atoms with Crippen LogP contribution in [0.3, 0.4) is 0 Å². The molecule has 0 aliphatic carbocycles. The number of amides is 1. The van der Waals surface area contributed by atoms with Crippen molar-refractivity contribution in [2.45, 2.75) is 32.7 Å². The Morgan fingerprint density at radius 3 is 2.36 bits per heavy atom. The van der Waals surface area contributed by atoms with Crippen molar-refractivity contribution in [2.75, 3.05) is 52.6 Å². The van der Waals surface area contributed by atoms with Crippen LogP contribution in [0.5, 0.6) is 0 Å². The molecule has 0 saturated carbocycles. The highest BCUT2D eigenvalue weighted by molar-refractivity contribution is 5.94. The number of pyridine rings is 1. The van der Waals surface area contributed by atoms with Crippen molar-refractivity contribution in [1.82, 2.24) is 14.8 Å². The van der Waals surface area contributed by atoms with Crippen LogP contribution in [0.1, 0.15) is 34.6 Å². The van der Waals surface area contributed by atoms with E-state index in [-0.39, 0.29) is 11.9 Å². The molecule has 6 nitrogen and oxygen atoms in total. The molecule has 0 unspecified atom stereocenters. The number of hydrogen-bond donors (Lipinski definition) is 0. The van der Waals surface area contributed by atoms with Gasteiger partial charge in [-0.25, -0.2) is 0 Å². The molecule has 0 N–H and O–H groups in total. The van der Waals surface area contributed by atoms with E-state index >= 15 is 0 Å². The first kappa shape index (κ1) is 18.3. The van der Waals surface area contributed by atoms with Gasteiger partial charge in [-0.1, -0.05) is 0 Å². The quantitative estimate of drug-likeness (QED) is 0.811. The van der Waals surface area contributed by atoms with Crippen molar-refractivity contribution in [3.63, 3.8) is 0 Å². The maximum absolute atomic E-state index is 13.2. The Kier molecular flexibility index (Phi) is 6.39. The Hall–Kier alpha value is -1.50.